The van der Waals surface area contributed by atoms with Crippen LogP contribution in [0.4, 0.5) is 5.82 Å². The SMILES string of the molecule is Nc1nnn2c1CCCC2. The van der Waals surface area contributed by atoms with Gasteiger partial charge in [-0.1, -0.05) is 5.21 Å². The molecule has 0 bridgehead atoms. The van der Waals surface area contributed by atoms with Gasteiger partial charge in [0.15, 0.2) is 5.82 Å². The van der Waals surface area contributed by atoms with Crippen molar-refractivity contribution in [2.45, 2.75) is 25.8 Å². The van der Waals surface area contributed by atoms with E-state index in [4.69, 9.17) is 5.73 Å². The summed E-state index contributed by atoms with van der Waals surface area (Å²) in [6.45, 7) is 0.986. The zero-order chi connectivity index (χ0) is 6.97. The molecule has 2 heterocycles. The van der Waals surface area contributed by atoms with Crippen LogP contribution in [0.5, 0.6) is 0 Å². The first kappa shape index (κ1) is 5.70. The summed E-state index contributed by atoms with van der Waals surface area (Å²) in [6, 6.07) is 0. The van der Waals surface area contributed by atoms with Crippen molar-refractivity contribution in [2.24, 2.45) is 0 Å². The van der Waals surface area contributed by atoms with Crippen molar-refractivity contribution in [3.63, 3.8) is 0 Å². The second-order valence-corrected chi connectivity index (χ2v) is 2.60. The van der Waals surface area contributed by atoms with Crippen molar-refractivity contribution in [1.29, 1.82) is 0 Å². The van der Waals surface area contributed by atoms with Crippen molar-refractivity contribution < 1.29 is 0 Å². The molecule has 0 aromatic carbocycles. The van der Waals surface area contributed by atoms with Crippen molar-refractivity contribution in [3.05, 3.63) is 5.69 Å². The number of fused-ring (bicyclic) bond motifs is 1. The smallest absolute Gasteiger partial charge is 0.169 e. The lowest BCUT2D eigenvalue weighted by Gasteiger charge is -2.11. The Morgan fingerprint density at radius 1 is 1.40 bits per heavy atom. The molecule has 0 radical (unpaired) electrons. The van der Waals surface area contributed by atoms with Gasteiger partial charge in [-0.25, -0.2) is 4.68 Å². The molecule has 1 aliphatic rings. The Balaban J connectivity index is 2.45. The van der Waals surface area contributed by atoms with Crippen LogP contribution in [-0.2, 0) is 13.0 Å². The summed E-state index contributed by atoms with van der Waals surface area (Å²) in [5, 5.41) is 7.69. The summed E-state index contributed by atoms with van der Waals surface area (Å²) in [7, 11) is 0. The van der Waals surface area contributed by atoms with Gasteiger partial charge in [-0.2, -0.15) is 0 Å². The molecule has 0 saturated carbocycles. The monoisotopic (exact) mass is 138 g/mol. The third-order valence-electron chi connectivity index (χ3n) is 1.90. The Morgan fingerprint density at radius 3 is 3.10 bits per heavy atom. The average molecular weight is 138 g/mol. The van der Waals surface area contributed by atoms with Crippen LogP contribution in [-0.4, -0.2) is 15.0 Å². The van der Waals surface area contributed by atoms with Gasteiger partial charge in [0.1, 0.15) is 0 Å². The van der Waals surface area contributed by atoms with Crippen LogP contribution in [0.1, 0.15) is 18.5 Å². The number of nitrogen functional groups attached to an aromatic ring is 1. The molecule has 1 aliphatic heterocycles. The van der Waals surface area contributed by atoms with Crippen LogP contribution in [0.15, 0.2) is 0 Å². The molecule has 4 nitrogen and oxygen atoms in total. The molecule has 0 atom stereocenters. The Hall–Kier alpha value is -1.06. The van der Waals surface area contributed by atoms with Gasteiger partial charge in [0.25, 0.3) is 0 Å². The standard InChI is InChI=1S/C6H10N4/c7-6-5-3-1-2-4-10(5)9-8-6/h1-4,7H2. The Kier molecular flexibility index (Phi) is 1.12. The largest absolute Gasteiger partial charge is 0.381 e. The van der Waals surface area contributed by atoms with Gasteiger partial charge in [0, 0.05) is 6.54 Å². The highest BCUT2D eigenvalue weighted by molar-refractivity contribution is 5.33. The van der Waals surface area contributed by atoms with Crippen molar-refractivity contribution >= 4 is 5.82 Å². The molecule has 0 saturated heterocycles. The predicted molar refractivity (Wildman–Crippen MR) is 37.4 cm³/mol. The van der Waals surface area contributed by atoms with Gasteiger partial charge in [0.2, 0.25) is 0 Å². The molecule has 0 aliphatic carbocycles. The highest BCUT2D eigenvalue weighted by Crippen LogP contribution is 2.16. The van der Waals surface area contributed by atoms with Crippen LogP contribution >= 0.6 is 0 Å². The summed E-state index contributed by atoms with van der Waals surface area (Å²) in [4.78, 5) is 0. The fourth-order valence-electron chi connectivity index (χ4n) is 1.34. The van der Waals surface area contributed by atoms with Gasteiger partial charge in [-0.05, 0) is 19.3 Å². The molecule has 4 heteroatoms. The molecule has 10 heavy (non-hydrogen) atoms. The first-order valence-corrected chi connectivity index (χ1v) is 3.56. The second-order valence-electron chi connectivity index (χ2n) is 2.60. The van der Waals surface area contributed by atoms with Gasteiger partial charge in [-0.3, -0.25) is 0 Å². The third kappa shape index (κ3) is 0.683. The van der Waals surface area contributed by atoms with Crippen LogP contribution < -0.4 is 5.73 Å². The van der Waals surface area contributed by atoms with Gasteiger partial charge in [0.05, 0.1) is 5.69 Å². The lowest BCUT2D eigenvalue weighted by atomic mass is 10.1. The predicted octanol–water partition coefficient (Wildman–Crippen LogP) is 0.197. The molecule has 1 aromatic rings. The molecular formula is C6H10N4. The summed E-state index contributed by atoms with van der Waals surface area (Å²) in [5.74, 6) is 0.611. The van der Waals surface area contributed by atoms with E-state index in [0.717, 1.165) is 18.7 Å². The quantitative estimate of drug-likeness (QED) is 0.557. The minimum absolute atomic E-state index is 0.611. The Labute approximate surface area is 59.0 Å². The maximum Gasteiger partial charge on any atom is 0.169 e. The molecule has 2 rings (SSSR count). The highest BCUT2D eigenvalue weighted by Gasteiger charge is 2.13. The molecule has 0 spiro atoms. The van der Waals surface area contributed by atoms with Crippen LogP contribution in [0.3, 0.4) is 0 Å². The Bertz CT molecular complexity index is 240. The molecule has 0 unspecified atom stereocenters. The van der Waals surface area contributed by atoms with E-state index in [1.54, 1.807) is 0 Å². The fourth-order valence-corrected chi connectivity index (χ4v) is 1.34. The topological polar surface area (TPSA) is 56.7 Å². The van der Waals surface area contributed by atoms with E-state index >= 15 is 0 Å². The first-order valence-electron chi connectivity index (χ1n) is 3.56. The molecular weight excluding hydrogens is 128 g/mol. The van der Waals surface area contributed by atoms with E-state index in [1.165, 1.54) is 12.8 Å². The minimum atomic E-state index is 0.611. The number of aryl methyl sites for hydroxylation is 1. The maximum atomic E-state index is 5.57. The fraction of sp³-hybridized carbons (Fsp3) is 0.667. The zero-order valence-electron chi connectivity index (χ0n) is 5.75. The average Bonchev–Trinajstić information content (AvgIpc) is 2.34. The van der Waals surface area contributed by atoms with E-state index < -0.39 is 0 Å². The summed E-state index contributed by atoms with van der Waals surface area (Å²) in [5.41, 5.74) is 6.68. The molecule has 0 fully saturated rings. The lowest BCUT2D eigenvalue weighted by molar-refractivity contribution is 0.477. The van der Waals surface area contributed by atoms with E-state index in [1.807, 2.05) is 4.68 Å². The number of anilines is 1. The van der Waals surface area contributed by atoms with Crippen LogP contribution in [0.25, 0.3) is 0 Å². The van der Waals surface area contributed by atoms with Crippen LogP contribution in [0.2, 0.25) is 0 Å². The molecule has 1 aromatic heterocycles. The summed E-state index contributed by atoms with van der Waals surface area (Å²) in [6.07, 6.45) is 3.46. The normalized spacial score (nSPS) is 16.8. The lowest BCUT2D eigenvalue weighted by Crippen LogP contribution is -2.11. The third-order valence-corrected chi connectivity index (χ3v) is 1.90. The first-order chi connectivity index (χ1) is 4.88. The van der Waals surface area contributed by atoms with E-state index in [0.29, 0.717) is 5.82 Å². The van der Waals surface area contributed by atoms with E-state index in [-0.39, 0.29) is 0 Å². The second kappa shape index (κ2) is 1.97. The number of rotatable bonds is 0. The molecule has 2 N–H and O–H groups in total. The summed E-state index contributed by atoms with van der Waals surface area (Å²) >= 11 is 0. The number of hydrogen-bond acceptors (Lipinski definition) is 3. The molecule has 54 valence electrons. The van der Waals surface area contributed by atoms with Crippen molar-refractivity contribution in [2.75, 3.05) is 5.73 Å². The van der Waals surface area contributed by atoms with E-state index in [2.05, 4.69) is 10.3 Å². The molecule has 0 amide bonds. The maximum absolute atomic E-state index is 5.57. The van der Waals surface area contributed by atoms with Crippen molar-refractivity contribution in [3.8, 4) is 0 Å². The number of nitrogens with zero attached hydrogens (tertiary/aromatic N) is 3. The number of hydrogen-bond donors (Lipinski definition) is 1. The zero-order valence-corrected chi connectivity index (χ0v) is 5.75. The van der Waals surface area contributed by atoms with Gasteiger partial charge < -0.3 is 5.73 Å². The highest BCUT2D eigenvalue weighted by atomic mass is 15.4. The minimum Gasteiger partial charge on any atom is -0.381 e. The van der Waals surface area contributed by atoms with Crippen LogP contribution in [0, 0.1) is 0 Å². The van der Waals surface area contributed by atoms with Crippen molar-refractivity contribution in [1.82, 2.24) is 15.0 Å². The van der Waals surface area contributed by atoms with Gasteiger partial charge in [-0.15, -0.1) is 5.10 Å². The van der Waals surface area contributed by atoms with Gasteiger partial charge >= 0.3 is 0 Å². The number of aromatic nitrogens is 3. The number of nitrogens with two attached hydrogens (primary N) is 1. The summed E-state index contributed by atoms with van der Waals surface area (Å²) < 4.78 is 1.90. The Morgan fingerprint density at radius 2 is 2.30 bits per heavy atom. The van der Waals surface area contributed by atoms with E-state index in [9.17, 15) is 0 Å².